The molecule has 1 N–H and O–H groups in total. The Morgan fingerprint density at radius 2 is 1.65 bits per heavy atom. The van der Waals surface area contributed by atoms with Gasteiger partial charge in [0.2, 0.25) is 0 Å². The van der Waals surface area contributed by atoms with Gasteiger partial charge in [0.1, 0.15) is 17.1 Å². The number of rotatable bonds is 6. The molecule has 172 valence electrons. The van der Waals surface area contributed by atoms with Gasteiger partial charge in [-0.3, -0.25) is 0 Å². The summed E-state index contributed by atoms with van der Waals surface area (Å²) < 4.78 is 37.7. The highest BCUT2D eigenvalue weighted by atomic mass is 32.3. The normalized spacial score (nSPS) is 19.6. The molecular weight excluding hydrogens is 432 g/mol. The van der Waals surface area contributed by atoms with Gasteiger partial charge in [-0.05, 0) is 95.2 Å². The molecule has 0 fully saturated rings. The summed E-state index contributed by atoms with van der Waals surface area (Å²) in [5, 5.41) is 10.4. The summed E-state index contributed by atoms with van der Waals surface area (Å²) in [5.74, 6) is 1.82. The number of ether oxygens (including phenoxy) is 1. The van der Waals surface area contributed by atoms with E-state index in [0.29, 0.717) is 17.9 Å². The fourth-order valence-electron chi connectivity index (χ4n) is 3.95. The fraction of sp³-hybridized carbons (Fsp3) is 0.500. The summed E-state index contributed by atoms with van der Waals surface area (Å²) in [7, 11) is -5.66. The first-order valence-corrected chi connectivity index (χ1v) is 14.4. The second-order valence-corrected chi connectivity index (χ2v) is 14.5. The lowest BCUT2D eigenvalue weighted by Gasteiger charge is -2.40. The van der Waals surface area contributed by atoms with Crippen molar-refractivity contribution in [1.82, 2.24) is 0 Å². The van der Waals surface area contributed by atoms with E-state index in [2.05, 4.69) is 6.92 Å². The van der Waals surface area contributed by atoms with Crippen molar-refractivity contribution in [2.24, 2.45) is 0 Å². The third-order valence-corrected chi connectivity index (χ3v) is 10.5. The van der Waals surface area contributed by atoms with Crippen LogP contribution in [0.5, 0.6) is 11.5 Å². The summed E-state index contributed by atoms with van der Waals surface area (Å²) in [6.07, 6.45) is 6.09. The van der Waals surface area contributed by atoms with Crippen molar-refractivity contribution in [3.8, 4) is 11.5 Å². The van der Waals surface area contributed by atoms with Crippen LogP contribution in [-0.4, -0.2) is 37.4 Å². The first-order valence-electron chi connectivity index (χ1n) is 10.5. The lowest BCUT2D eigenvalue weighted by molar-refractivity contribution is 0.0606. The van der Waals surface area contributed by atoms with Crippen molar-refractivity contribution in [3.05, 3.63) is 52.1 Å². The molecule has 0 bridgehead atoms. The molecule has 2 aromatic carbocycles. The Morgan fingerprint density at radius 3 is 2.26 bits per heavy atom. The van der Waals surface area contributed by atoms with Crippen molar-refractivity contribution >= 4 is 20.4 Å². The Kier molecular flexibility index (Phi) is 6.44. The van der Waals surface area contributed by atoms with E-state index in [1.54, 1.807) is 24.3 Å². The van der Waals surface area contributed by atoms with E-state index in [1.165, 1.54) is 0 Å². The zero-order chi connectivity index (χ0) is 23.2. The molecule has 0 saturated carbocycles. The average molecular weight is 467 g/mol. The van der Waals surface area contributed by atoms with Crippen molar-refractivity contribution < 1.29 is 21.9 Å². The number of fused-ring (bicyclic) bond motifs is 1. The lowest BCUT2D eigenvalue weighted by Crippen LogP contribution is -2.38. The quantitative estimate of drug-likeness (QED) is 0.610. The Balaban J connectivity index is 1.74. The monoisotopic (exact) mass is 466 g/mol. The van der Waals surface area contributed by atoms with Crippen LogP contribution in [0.25, 0.3) is 0 Å². The summed E-state index contributed by atoms with van der Waals surface area (Å²) in [5.41, 5.74) is 4.37. The van der Waals surface area contributed by atoms with Gasteiger partial charge in [-0.2, -0.15) is 8.42 Å². The van der Waals surface area contributed by atoms with Gasteiger partial charge in [0.05, 0.1) is 4.90 Å². The van der Waals surface area contributed by atoms with E-state index in [1.807, 2.05) is 40.2 Å². The van der Waals surface area contributed by atoms with Crippen LogP contribution in [0.1, 0.15) is 47.6 Å². The number of hydrogen-bond donors (Lipinski definition) is 1. The number of hydrogen-bond acceptors (Lipinski definition) is 5. The second-order valence-electron chi connectivity index (χ2n) is 9.31. The van der Waals surface area contributed by atoms with Crippen LogP contribution >= 0.6 is 10.3 Å². The van der Waals surface area contributed by atoms with Crippen LogP contribution in [0.3, 0.4) is 0 Å². The predicted octanol–water partition coefficient (Wildman–Crippen LogP) is 5.48. The zero-order valence-electron chi connectivity index (χ0n) is 19.5. The highest BCUT2D eigenvalue weighted by Gasteiger charge is 2.36. The molecule has 3 rings (SSSR count). The van der Waals surface area contributed by atoms with Gasteiger partial charge in [0.15, 0.2) is 0 Å². The number of aromatic hydroxyl groups is 1. The van der Waals surface area contributed by atoms with Gasteiger partial charge < -0.3 is 9.84 Å². The van der Waals surface area contributed by atoms with Crippen LogP contribution in [0.15, 0.2) is 29.2 Å². The minimum absolute atomic E-state index is 0.189. The minimum Gasteiger partial charge on any atom is -0.507 e. The first-order chi connectivity index (χ1) is 14.2. The number of benzene rings is 2. The van der Waals surface area contributed by atoms with Crippen LogP contribution in [0.4, 0.5) is 0 Å². The largest absolute Gasteiger partial charge is 0.507 e. The summed E-state index contributed by atoms with van der Waals surface area (Å²) in [4.78, 5) is 0.189. The third kappa shape index (κ3) is 5.04. The summed E-state index contributed by atoms with van der Waals surface area (Å²) in [6.45, 7) is 9.82. The number of phenols is 1. The molecular formula is C24H34O5S2. The van der Waals surface area contributed by atoms with Crippen molar-refractivity contribution in [3.63, 3.8) is 0 Å². The Labute approximate surface area is 188 Å². The fourth-order valence-corrected chi connectivity index (χ4v) is 7.87. The zero-order valence-corrected chi connectivity index (χ0v) is 21.2. The molecule has 1 heterocycles. The van der Waals surface area contributed by atoms with Gasteiger partial charge >= 0.3 is 10.1 Å². The molecule has 1 atom stereocenters. The standard InChI is InChI=1S/C24H34O5S2/c1-16-8-10-20(11-9-16)31(26,27)29-30(6,7)15-14-24(5)13-12-21-19(4)22(25)17(2)18(3)23(21)28-24/h8-11,25H,12-15H2,1-7H3. The molecule has 7 heteroatoms. The van der Waals surface area contributed by atoms with Crippen molar-refractivity contribution in [2.45, 2.75) is 64.4 Å². The molecule has 0 aromatic heterocycles. The minimum atomic E-state index is -3.81. The van der Waals surface area contributed by atoms with Gasteiger partial charge in [0.25, 0.3) is 0 Å². The first kappa shape index (κ1) is 24.0. The molecule has 2 aromatic rings. The predicted molar refractivity (Wildman–Crippen MR) is 128 cm³/mol. The number of phenolic OH excluding ortho intramolecular Hbond substituents is 1. The molecule has 0 spiro atoms. The van der Waals surface area contributed by atoms with Gasteiger partial charge in [-0.25, -0.2) is 3.63 Å². The smallest absolute Gasteiger partial charge is 0.306 e. The Hall–Kier alpha value is -1.70. The Bertz CT molecular complexity index is 1090. The van der Waals surface area contributed by atoms with E-state index in [0.717, 1.165) is 46.4 Å². The molecule has 0 amide bonds. The molecule has 0 radical (unpaired) electrons. The Morgan fingerprint density at radius 1 is 1.03 bits per heavy atom. The highest BCUT2D eigenvalue weighted by molar-refractivity contribution is 8.32. The number of aryl methyl sites for hydroxylation is 1. The summed E-state index contributed by atoms with van der Waals surface area (Å²) >= 11 is 0. The van der Waals surface area contributed by atoms with Gasteiger partial charge in [-0.1, -0.05) is 17.7 Å². The van der Waals surface area contributed by atoms with E-state index < -0.39 is 26.0 Å². The average Bonchev–Trinajstić information content (AvgIpc) is 2.69. The SMILES string of the molecule is Cc1ccc(S(=O)(=O)OS(C)(C)CCC2(C)CCc3c(C)c(O)c(C)c(C)c3O2)cc1. The molecule has 1 unspecified atom stereocenters. The second kappa shape index (κ2) is 8.34. The van der Waals surface area contributed by atoms with Crippen LogP contribution in [0.2, 0.25) is 0 Å². The summed E-state index contributed by atoms with van der Waals surface area (Å²) in [6, 6.07) is 6.73. The third-order valence-electron chi connectivity index (χ3n) is 6.30. The maximum absolute atomic E-state index is 12.7. The van der Waals surface area contributed by atoms with Crippen LogP contribution in [0, 0.1) is 27.7 Å². The maximum atomic E-state index is 12.7. The maximum Gasteiger partial charge on any atom is 0.306 e. The van der Waals surface area contributed by atoms with Gasteiger partial charge in [-0.15, -0.1) is 10.3 Å². The van der Waals surface area contributed by atoms with E-state index >= 15 is 0 Å². The molecule has 1 aliphatic rings. The van der Waals surface area contributed by atoms with Crippen LogP contribution in [-0.2, 0) is 20.2 Å². The topological polar surface area (TPSA) is 72.8 Å². The van der Waals surface area contributed by atoms with E-state index in [9.17, 15) is 13.5 Å². The molecule has 5 nitrogen and oxygen atoms in total. The van der Waals surface area contributed by atoms with Gasteiger partial charge in [0, 0.05) is 11.3 Å². The molecule has 1 aliphatic heterocycles. The van der Waals surface area contributed by atoms with Crippen LogP contribution < -0.4 is 4.74 Å². The van der Waals surface area contributed by atoms with E-state index in [4.69, 9.17) is 8.37 Å². The highest BCUT2D eigenvalue weighted by Crippen LogP contribution is 2.49. The van der Waals surface area contributed by atoms with E-state index in [-0.39, 0.29) is 4.90 Å². The molecule has 31 heavy (non-hydrogen) atoms. The molecule has 0 saturated heterocycles. The van der Waals surface area contributed by atoms with Crippen molar-refractivity contribution in [1.29, 1.82) is 0 Å². The molecule has 0 aliphatic carbocycles. The van der Waals surface area contributed by atoms with Crippen molar-refractivity contribution in [2.75, 3.05) is 18.3 Å². The lowest BCUT2D eigenvalue weighted by atomic mass is 9.86.